The van der Waals surface area contributed by atoms with Crippen molar-refractivity contribution in [1.82, 2.24) is 4.98 Å². The van der Waals surface area contributed by atoms with Crippen molar-refractivity contribution in [3.8, 4) is 11.3 Å². The first-order chi connectivity index (χ1) is 11.1. The third-order valence-corrected chi connectivity index (χ3v) is 3.89. The van der Waals surface area contributed by atoms with Gasteiger partial charge in [0.1, 0.15) is 0 Å². The summed E-state index contributed by atoms with van der Waals surface area (Å²) in [7, 11) is 0. The molecular formula is C17H13F2N3S. The topological polar surface area (TPSA) is 37.3 Å². The van der Waals surface area contributed by atoms with Crippen molar-refractivity contribution in [2.24, 2.45) is 5.10 Å². The average molecular weight is 329 g/mol. The number of anilines is 1. The maximum Gasteiger partial charge on any atom is 0.203 e. The Bertz CT molecular complexity index is 844. The van der Waals surface area contributed by atoms with Gasteiger partial charge in [0.05, 0.1) is 11.9 Å². The van der Waals surface area contributed by atoms with Gasteiger partial charge in [-0.3, -0.25) is 5.43 Å². The van der Waals surface area contributed by atoms with Crippen molar-refractivity contribution in [3.63, 3.8) is 0 Å². The van der Waals surface area contributed by atoms with E-state index in [1.54, 1.807) is 6.92 Å². The van der Waals surface area contributed by atoms with Gasteiger partial charge in [-0.2, -0.15) is 5.10 Å². The maximum absolute atomic E-state index is 13.6. The minimum atomic E-state index is -0.912. The lowest BCUT2D eigenvalue weighted by atomic mass is 10.1. The van der Waals surface area contributed by atoms with E-state index >= 15 is 0 Å². The highest BCUT2D eigenvalue weighted by Crippen LogP contribution is 2.24. The van der Waals surface area contributed by atoms with E-state index in [9.17, 15) is 8.78 Å². The highest BCUT2D eigenvalue weighted by atomic mass is 32.1. The molecule has 2 aromatic carbocycles. The Kier molecular flexibility index (Phi) is 4.43. The van der Waals surface area contributed by atoms with Crippen LogP contribution in [0.3, 0.4) is 0 Å². The summed E-state index contributed by atoms with van der Waals surface area (Å²) in [5.41, 5.74) is 5.30. The quantitative estimate of drug-likeness (QED) is 0.549. The summed E-state index contributed by atoms with van der Waals surface area (Å²) in [5, 5.41) is 6.41. The van der Waals surface area contributed by atoms with Crippen molar-refractivity contribution in [1.29, 1.82) is 0 Å². The minimum Gasteiger partial charge on any atom is -0.253 e. The van der Waals surface area contributed by atoms with Crippen LogP contribution in [0.4, 0.5) is 13.9 Å². The average Bonchev–Trinajstić information content (AvgIpc) is 3.02. The van der Waals surface area contributed by atoms with E-state index in [-0.39, 0.29) is 5.56 Å². The second-order valence-electron chi connectivity index (χ2n) is 4.92. The molecule has 0 saturated heterocycles. The Morgan fingerprint density at radius 2 is 1.96 bits per heavy atom. The van der Waals surface area contributed by atoms with Crippen molar-refractivity contribution in [2.75, 3.05) is 5.43 Å². The fraction of sp³-hybridized carbons (Fsp3) is 0.0588. The first kappa shape index (κ1) is 15.3. The molecule has 0 spiro atoms. The Morgan fingerprint density at radius 1 is 1.17 bits per heavy atom. The molecular weight excluding hydrogens is 316 g/mol. The number of benzene rings is 2. The Hall–Kier alpha value is -2.60. The molecule has 3 aromatic rings. The van der Waals surface area contributed by atoms with Crippen LogP contribution in [0.15, 0.2) is 52.9 Å². The van der Waals surface area contributed by atoms with Crippen LogP contribution in [-0.2, 0) is 0 Å². The van der Waals surface area contributed by atoms with Gasteiger partial charge in [0, 0.05) is 16.5 Å². The van der Waals surface area contributed by atoms with Gasteiger partial charge < -0.3 is 0 Å². The molecule has 0 aliphatic carbocycles. The van der Waals surface area contributed by atoms with Gasteiger partial charge >= 0.3 is 0 Å². The van der Waals surface area contributed by atoms with E-state index in [1.807, 2.05) is 35.7 Å². The zero-order chi connectivity index (χ0) is 16.2. The largest absolute Gasteiger partial charge is 0.253 e. The highest BCUT2D eigenvalue weighted by Gasteiger charge is 2.07. The first-order valence-corrected chi connectivity index (χ1v) is 7.77. The summed E-state index contributed by atoms with van der Waals surface area (Å²) in [5.74, 6) is -1.79. The number of hydrazone groups is 1. The van der Waals surface area contributed by atoms with E-state index in [0.29, 0.717) is 10.7 Å². The molecule has 0 unspecified atom stereocenters. The van der Waals surface area contributed by atoms with Gasteiger partial charge in [-0.05, 0) is 24.6 Å². The molecule has 0 atom stereocenters. The van der Waals surface area contributed by atoms with Gasteiger partial charge in [-0.15, -0.1) is 11.3 Å². The molecule has 0 bridgehead atoms. The summed E-state index contributed by atoms with van der Waals surface area (Å²) in [4.78, 5) is 4.40. The van der Waals surface area contributed by atoms with Crippen LogP contribution in [0.25, 0.3) is 11.3 Å². The number of aromatic nitrogens is 1. The van der Waals surface area contributed by atoms with Crippen LogP contribution < -0.4 is 5.43 Å². The first-order valence-electron chi connectivity index (χ1n) is 6.89. The predicted octanol–water partition coefficient (Wildman–Crippen LogP) is 4.84. The van der Waals surface area contributed by atoms with Crippen LogP contribution in [0, 0.1) is 18.6 Å². The van der Waals surface area contributed by atoms with Gasteiger partial charge in [0.25, 0.3) is 0 Å². The van der Waals surface area contributed by atoms with E-state index in [4.69, 9.17) is 0 Å². The summed E-state index contributed by atoms with van der Waals surface area (Å²) in [6.07, 6.45) is 1.25. The molecule has 3 nitrogen and oxygen atoms in total. The highest BCUT2D eigenvalue weighted by molar-refractivity contribution is 7.14. The number of nitrogens with zero attached hydrogens (tertiary/aromatic N) is 2. The zero-order valence-corrected chi connectivity index (χ0v) is 13.1. The Morgan fingerprint density at radius 3 is 2.74 bits per heavy atom. The van der Waals surface area contributed by atoms with E-state index in [0.717, 1.165) is 17.3 Å². The number of rotatable bonds is 4. The molecule has 1 heterocycles. The fourth-order valence-electron chi connectivity index (χ4n) is 2.07. The molecule has 0 saturated carbocycles. The fourth-order valence-corrected chi connectivity index (χ4v) is 2.74. The minimum absolute atomic E-state index is 0.0924. The van der Waals surface area contributed by atoms with Crippen LogP contribution in [-0.4, -0.2) is 11.2 Å². The molecule has 0 radical (unpaired) electrons. The van der Waals surface area contributed by atoms with Crippen molar-refractivity contribution < 1.29 is 8.78 Å². The number of hydrogen-bond acceptors (Lipinski definition) is 4. The number of halogens is 2. The molecule has 0 fully saturated rings. The summed E-state index contributed by atoms with van der Waals surface area (Å²) in [6, 6.07) is 12.4. The molecule has 23 heavy (non-hydrogen) atoms. The van der Waals surface area contributed by atoms with Crippen molar-refractivity contribution >= 4 is 22.7 Å². The SMILES string of the molecule is Cc1cc(F)c(F)c(C=NNc2nc(-c3ccccc3)cs2)c1. The number of aryl methyl sites for hydroxylation is 1. The van der Waals surface area contributed by atoms with Gasteiger partial charge in [0.15, 0.2) is 11.6 Å². The molecule has 1 N–H and O–H groups in total. The number of hydrogen-bond donors (Lipinski definition) is 1. The Balaban J connectivity index is 1.73. The van der Waals surface area contributed by atoms with Crippen LogP contribution in [0.5, 0.6) is 0 Å². The molecule has 6 heteroatoms. The third kappa shape index (κ3) is 3.60. The molecule has 1 aromatic heterocycles. The van der Waals surface area contributed by atoms with Crippen molar-refractivity contribution in [3.05, 3.63) is 70.6 Å². The number of nitrogens with one attached hydrogen (secondary N) is 1. The van der Waals surface area contributed by atoms with Gasteiger partial charge in [-0.25, -0.2) is 13.8 Å². The zero-order valence-electron chi connectivity index (χ0n) is 12.3. The second-order valence-corrected chi connectivity index (χ2v) is 5.78. The molecule has 0 aliphatic heterocycles. The van der Waals surface area contributed by atoms with Crippen LogP contribution in [0.1, 0.15) is 11.1 Å². The standard InChI is InChI=1S/C17H13F2N3S/c1-11-7-13(16(19)14(18)8-11)9-20-22-17-21-15(10-23-17)12-5-3-2-4-6-12/h2-10H,1H3,(H,21,22). The lowest BCUT2D eigenvalue weighted by Crippen LogP contribution is -1.97. The lowest BCUT2D eigenvalue weighted by Gasteiger charge is -2.00. The van der Waals surface area contributed by atoms with E-state index < -0.39 is 11.6 Å². The van der Waals surface area contributed by atoms with E-state index in [2.05, 4.69) is 15.5 Å². The maximum atomic E-state index is 13.6. The number of thiazole rings is 1. The summed E-state index contributed by atoms with van der Waals surface area (Å²) < 4.78 is 26.9. The smallest absolute Gasteiger partial charge is 0.203 e. The normalized spacial score (nSPS) is 11.1. The predicted molar refractivity (Wildman–Crippen MR) is 89.9 cm³/mol. The van der Waals surface area contributed by atoms with E-state index in [1.165, 1.54) is 23.6 Å². The summed E-state index contributed by atoms with van der Waals surface area (Å²) >= 11 is 1.39. The monoisotopic (exact) mass is 329 g/mol. The molecule has 116 valence electrons. The summed E-state index contributed by atoms with van der Waals surface area (Å²) in [6.45, 7) is 1.69. The third-order valence-electron chi connectivity index (χ3n) is 3.14. The second kappa shape index (κ2) is 6.66. The van der Waals surface area contributed by atoms with Crippen molar-refractivity contribution in [2.45, 2.75) is 6.92 Å². The molecule has 3 rings (SSSR count). The Labute approximate surface area is 136 Å². The van der Waals surface area contributed by atoms with Gasteiger partial charge in [-0.1, -0.05) is 30.3 Å². The molecule has 0 amide bonds. The lowest BCUT2D eigenvalue weighted by molar-refractivity contribution is 0.506. The molecule has 0 aliphatic rings. The van der Waals surface area contributed by atoms with Gasteiger partial charge in [0.2, 0.25) is 5.13 Å². The van der Waals surface area contributed by atoms with Crippen LogP contribution >= 0.6 is 11.3 Å². The van der Waals surface area contributed by atoms with Crippen LogP contribution in [0.2, 0.25) is 0 Å².